The van der Waals surface area contributed by atoms with Gasteiger partial charge in [-0.25, -0.2) is 19.2 Å². The van der Waals surface area contributed by atoms with E-state index in [0.717, 1.165) is 32.8 Å². The van der Waals surface area contributed by atoms with Crippen LogP contribution in [0.5, 0.6) is 0 Å². The summed E-state index contributed by atoms with van der Waals surface area (Å²) in [6.45, 7) is 30.6. The lowest BCUT2D eigenvalue weighted by atomic mass is 9.85. The van der Waals surface area contributed by atoms with Gasteiger partial charge in [-0.1, -0.05) is 94.9 Å². The molecule has 74 heavy (non-hydrogen) atoms. The molecule has 0 aromatic rings. The number of hydrogen-bond acceptors (Lipinski definition) is 14. The number of piperidine rings is 2. The van der Waals surface area contributed by atoms with E-state index in [9.17, 15) is 48.3 Å². The van der Waals surface area contributed by atoms with E-state index in [1.54, 1.807) is 46.4 Å². The molecule has 5 N–H and O–H groups in total. The Balaban J connectivity index is 0.000000274. The van der Waals surface area contributed by atoms with Crippen molar-refractivity contribution < 1.29 is 67.2 Å². The number of methoxy groups -OCH3 is 2. The van der Waals surface area contributed by atoms with Crippen LogP contribution >= 0.6 is 0 Å². The molecule has 0 aromatic heterocycles. The minimum absolute atomic E-state index is 0.0598. The molecule has 0 bridgehead atoms. The minimum atomic E-state index is -1.49. The summed E-state index contributed by atoms with van der Waals surface area (Å²) in [6.07, 6.45) is 1.78. The van der Waals surface area contributed by atoms with Crippen molar-refractivity contribution in [1.29, 1.82) is 0 Å². The van der Waals surface area contributed by atoms with Crippen LogP contribution in [-0.4, -0.2) is 149 Å². The number of hydrogen-bond donors (Lipinski definition) is 5. The first-order chi connectivity index (χ1) is 33.8. The summed E-state index contributed by atoms with van der Waals surface area (Å²) in [6, 6.07) is -5.24. The molecule has 3 unspecified atom stereocenters. The lowest BCUT2D eigenvalue weighted by molar-refractivity contribution is -0.153. The second kappa shape index (κ2) is 21.5. The maximum Gasteiger partial charge on any atom is 0.408 e. The number of rotatable bonds is 16. The summed E-state index contributed by atoms with van der Waals surface area (Å²) in [7, 11) is 2.33. The van der Waals surface area contributed by atoms with E-state index >= 15 is 0 Å². The standard InChI is InChI=1S/C27H45N3O7.C27H43N3O7/c2*1-25(2,3)20(29-24(35)37-26(4,5)6)22(33)30-13-15-17(27(15,7)8)18(30)21(32)28-16(12-14-10-11-14)19(31)23(34)36-9/h14-20,31H,10-13H2,1-9H3,(H,28,32)(H,29,35);14-18,20H,10-13H2,1-9H3,(H,28,32)(H,29,35)/t15-,16?,17-,18-,19?,20+;15-,16?,17-,18-,20+/m00/s1. The number of ketones is 1. The molecule has 6 amide bonds. The smallest absolute Gasteiger partial charge is 0.408 e. The van der Waals surface area contributed by atoms with Gasteiger partial charge < -0.3 is 55.1 Å². The van der Waals surface area contributed by atoms with Gasteiger partial charge in [-0.15, -0.1) is 0 Å². The summed E-state index contributed by atoms with van der Waals surface area (Å²) in [4.78, 5) is 120. The van der Waals surface area contributed by atoms with Crippen LogP contribution in [0.15, 0.2) is 0 Å². The van der Waals surface area contributed by atoms with Crippen LogP contribution < -0.4 is 21.3 Å². The molecular formula is C54H88N6O14. The molecule has 20 nitrogen and oxygen atoms in total. The average molecular weight is 1050 g/mol. The van der Waals surface area contributed by atoms with E-state index in [1.165, 1.54) is 12.0 Å². The first-order valence-electron chi connectivity index (χ1n) is 26.4. The third-order valence-electron chi connectivity index (χ3n) is 15.8. The van der Waals surface area contributed by atoms with Crippen LogP contribution in [0.25, 0.3) is 0 Å². The number of likely N-dealkylation sites (tertiary alicyclic amines) is 2. The molecule has 4 saturated carbocycles. The molecule has 0 radical (unpaired) electrons. The van der Waals surface area contributed by atoms with Gasteiger partial charge in [0.25, 0.3) is 5.78 Å². The lowest BCUT2D eigenvalue weighted by Crippen LogP contribution is -2.61. The number of carbonyl (C=O) groups excluding carboxylic acids is 9. The Morgan fingerprint density at radius 2 is 0.946 bits per heavy atom. The van der Waals surface area contributed by atoms with Crippen molar-refractivity contribution in [3.05, 3.63) is 0 Å². The fraction of sp³-hybridized carbons (Fsp3) is 0.833. The molecule has 4 aliphatic carbocycles. The molecule has 11 atom stereocenters. The number of nitrogens with zero attached hydrogens (tertiary/aromatic N) is 2. The van der Waals surface area contributed by atoms with Gasteiger partial charge in [0.2, 0.25) is 23.6 Å². The van der Waals surface area contributed by atoms with Crippen molar-refractivity contribution >= 4 is 53.5 Å². The van der Waals surface area contributed by atoms with Crippen LogP contribution in [0.2, 0.25) is 0 Å². The fourth-order valence-corrected chi connectivity index (χ4v) is 11.1. The zero-order valence-corrected chi connectivity index (χ0v) is 47.3. The number of amides is 6. The molecule has 6 fully saturated rings. The normalized spacial score (nSPS) is 26.4. The largest absolute Gasteiger partial charge is 0.467 e. The highest BCUT2D eigenvalue weighted by atomic mass is 16.6. The number of ether oxygens (including phenoxy) is 4. The van der Waals surface area contributed by atoms with Crippen LogP contribution in [0.4, 0.5) is 9.59 Å². The van der Waals surface area contributed by atoms with Crippen molar-refractivity contribution in [2.24, 2.45) is 57.2 Å². The van der Waals surface area contributed by atoms with Gasteiger partial charge in [-0.3, -0.25) is 24.0 Å². The van der Waals surface area contributed by atoms with Crippen LogP contribution in [0, 0.1) is 57.2 Å². The summed E-state index contributed by atoms with van der Waals surface area (Å²) < 4.78 is 20.1. The maximum absolute atomic E-state index is 13.9. The maximum atomic E-state index is 13.9. The Hall–Kier alpha value is -5.01. The molecule has 0 aromatic carbocycles. The first-order valence-corrected chi connectivity index (χ1v) is 26.4. The first kappa shape index (κ1) is 59.9. The number of nitrogens with one attached hydrogen (secondary N) is 4. The van der Waals surface area contributed by atoms with Gasteiger partial charge >= 0.3 is 24.1 Å². The minimum Gasteiger partial charge on any atom is -0.467 e. The predicted octanol–water partition coefficient (Wildman–Crippen LogP) is 4.66. The van der Waals surface area contributed by atoms with Gasteiger partial charge in [0, 0.05) is 13.1 Å². The summed E-state index contributed by atoms with van der Waals surface area (Å²) in [5.74, 6) is -3.46. The van der Waals surface area contributed by atoms with Crippen molar-refractivity contribution in [2.75, 3.05) is 27.3 Å². The average Bonchev–Trinajstić information content (AvgIpc) is 4.24. The van der Waals surface area contributed by atoms with E-state index in [2.05, 4.69) is 53.7 Å². The number of aliphatic hydroxyl groups excluding tert-OH is 1. The van der Waals surface area contributed by atoms with Crippen molar-refractivity contribution in [2.45, 2.75) is 203 Å². The number of carbonyl (C=O) groups is 9. The molecule has 6 rings (SSSR count). The Bertz CT molecular complexity index is 2180. The second-order valence-corrected chi connectivity index (χ2v) is 27.0. The predicted molar refractivity (Wildman–Crippen MR) is 271 cm³/mol. The summed E-state index contributed by atoms with van der Waals surface area (Å²) >= 11 is 0. The molecule has 2 saturated heterocycles. The van der Waals surface area contributed by atoms with Crippen LogP contribution in [-0.2, 0) is 52.5 Å². The molecule has 2 aliphatic heterocycles. The third kappa shape index (κ3) is 14.3. The number of fused-ring (bicyclic) bond motifs is 2. The van der Waals surface area contributed by atoms with Crippen molar-refractivity contribution in [3.63, 3.8) is 0 Å². The highest BCUT2D eigenvalue weighted by Crippen LogP contribution is 2.66. The topological polar surface area (TPSA) is 265 Å². The quantitative estimate of drug-likeness (QED) is 0.0800. The molecule has 20 heteroatoms. The lowest BCUT2D eigenvalue weighted by Gasteiger charge is -2.38. The fourth-order valence-electron chi connectivity index (χ4n) is 11.1. The van der Waals surface area contributed by atoms with Crippen LogP contribution in [0.1, 0.15) is 149 Å². The van der Waals surface area contributed by atoms with E-state index in [4.69, 9.17) is 14.2 Å². The summed E-state index contributed by atoms with van der Waals surface area (Å²) in [5.41, 5.74) is -3.04. The molecule has 6 aliphatic rings. The van der Waals surface area contributed by atoms with E-state index in [1.807, 2.05) is 41.5 Å². The van der Waals surface area contributed by atoms with Crippen LogP contribution in [0.3, 0.4) is 0 Å². The van der Waals surface area contributed by atoms with Gasteiger partial charge in [0.1, 0.15) is 35.4 Å². The molecule has 0 spiro atoms. The van der Waals surface area contributed by atoms with Crippen molar-refractivity contribution in [1.82, 2.24) is 31.1 Å². The molecular weight excluding hydrogens is 957 g/mol. The van der Waals surface area contributed by atoms with Crippen molar-refractivity contribution in [3.8, 4) is 0 Å². The van der Waals surface area contributed by atoms with Gasteiger partial charge in [0.15, 0.2) is 6.10 Å². The van der Waals surface area contributed by atoms with Gasteiger partial charge in [0.05, 0.1) is 26.3 Å². The summed E-state index contributed by atoms with van der Waals surface area (Å²) in [5, 5.41) is 21.7. The third-order valence-corrected chi connectivity index (χ3v) is 15.8. The highest BCUT2D eigenvalue weighted by molar-refractivity contribution is 6.36. The highest BCUT2D eigenvalue weighted by Gasteiger charge is 2.71. The number of esters is 2. The Morgan fingerprint density at radius 3 is 1.28 bits per heavy atom. The Labute approximate surface area is 437 Å². The zero-order valence-electron chi connectivity index (χ0n) is 47.3. The number of Topliss-reactive ketones (excluding diaryl/α,β-unsaturated/α-hetero) is 1. The molecule has 418 valence electrons. The Kier molecular flexibility index (Phi) is 17.4. The van der Waals surface area contributed by atoms with E-state index in [-0.39, 0.29) is 52.2 Å². The van der Waals surface area contributed by atoms with Gasteiger partial charge in [-0.2, -0.15) is 0 Å². The Morgan fingerprint density at radius 1 is 0.568 bits per heavy atom. The van der Waals surface area contributed by atoms with E-state index < -0.39 is 106 Å². The monoisotopic (exact) mass is 1040 g/mol. The SMILES string of the molecule is COC(=O)C(=O)C(CC1CC1)NC(=O)[C@@H]1[C@@H]2[C@H](CN1C(=O)[C@@H](NC(=O)OC(C)(C)C)C(C)(C)C)C2(C)C.COC(=O)C(O)C(CC1CC1)NC(=O)[C@@H]1[C@@H]2[C@H](CN1C(=O)[C@@H](NC(=O)OC(C)(C)C)C(C)(C)C)C2(C)C. The zero-order chi connectivity index (χ0) is 56.2. The van der Waals surface area contributed by atoms with E-state index in [0.29, 0.717) is 31.8 Å². The number of alkyl carbamates (subject to hydrolysis) is 2. The number of aliphatic hydroxyl groups is 1. The molecule has 2 heterocycles. The van der Waals surface area contributed by atoms with Gasteiger partial charge in [-0.05, 0) is 112 Å². The second-order valence-electron chi connectivity index (χ2n) is 27.0.